The molecule has 0 atom stereocenters. The van der Waals surface area contributed by atoms with Gasteiger partial charge in [-0.2, -0.15) is 5.10 Å². The largest absolute Gasteiger partial charge is 0.371 e. The highest BCUT2D eigenvalue weighted by atomic mass is 19.1. The summed E-state index contributed by atoms with van der Waals surface area (Å²) in [7, 11) is 1.64. The maximum atomic E-state index is 13.7. The maximum absolute atomic E-state index is 13.7. The summed E-state index contributed by atoms with van der Waals surface area (Å²) in [6, 6.07) is 1.84. The molecule has 0 bridgehead atoms. The summed E-state index contributed by atoms with van der Waals surface area (Å²) in [5, 5.41) is 6.95. The number of nitrogens with one attached hydrogen (secondary N) is 1. The van der Waals surface area contributed by atoms with Crippen molar-refractivity contribution in [3.63, 3.8) is 0 Å². The molecule has 2 aromatic rings. The molecule has 2 heterocycles. The molecule has 0 fully saturated rings. The van der Waals surface area contributed by atoms with E-state index >= 15 is 0 Å². The summed E-state index contributed by atoms with van der Waals surface area (Å²) in [4.78, 5) is 8.36. The zero-order chi connectivity index (χ0) is 13.1. The monoisotopic (exact) mass is 249 g/mol. The fraction of sp³-hybridized carbons (Fsp3) is 0.417. The summed E-state index contributed by atoms with van der Waals surface area (Å²) in [5.74, 6) is 0.286. The van der Waals surface area contributed by atoms with Crippen LogP contribution in [0.2, 0.25) is 0 Å². The lowest BCUT2D eigenvalue weighted by atomic mass is 10.3. The van der Waals surface area contributed by atoms with Gasteiger partial charge in [-0.05, 0) is 19.4 Å². The summed E-state index contributed by atoms with van der Waals surface area (Å²) in [5.41, 5.74) is 1.13. The zero-order valence-electron chi connectivity index (χ0n) is 10.7. The average Bonchev–Trinajstić information content (AvgIpc) is 2.81. The molecule has 18 heavy (non-hydrogen) atoms. The molecular formula is C12H16FN5. The first-order chi connectivity index (χ1) is 8.67. The van der Waals surface area contributed by atoms with Crippen LogP contribution in [-0.4, -0.2) is 26.8 Å². The fourth-order valence-corrected chi connectivity index (χ4v) is 1.75. The van der Waals surface area contributed by atoms with Crippen molar-refractivity contribution >= 4 is 5.82 Å². The van der Waals surface area contributed by atoms with Crippen LogP contribution in [0.3, 0.4) is 0 Å². The van der Waals surface area contributed by atoms with Gasteiger partial charge in [0.2, 0.25) is 0 Å². The van der Waals surface area contributed by atoms with Crippen molar-refractivity contribution in [2.24, 2.45) is 0 Å². The van der Waals surface area contributed by atoms with Crippen LogP contribution in [0.4, 0.5) is 10.2 Å². The number of halogens is 1. The Kier molecular flexibility index (Phi) is 3.55. The van der Waals surface area contributed by atoms with Crippen LogP contribution in [0.25, 0.3) is 11.5 Å². The van der Waals surface area contributed by atoms with Crippen LogP contribution in [0.1, 0.15) is 19.0 Å². The van der Waals surface area contributed by atoms with Crippen LogP contribution < -0.4 is 5.32 Å². The van der Waals surface area contributed by atoms with E-state index in [1.54, 1.807) is 20.2 Å². The second-order valence-corrected chi connectivity index (χ2v) is 3.98. The topological polar surface area (TPSA) is 55.6 Å². The molecule has 0 aliphatic heterocycles. The first-order valence-electron chi connectivity index (χ1n) is 5.91. The lowest BCUT2D eigenvalue weighted by Gasteiger charge is -2.09. The zero-order valence-corrected chi connectivity index (χ0v) is 10.7. The standard InChI is InChI=1S/C12H16FN5/c1-4-7-18-9(5-6-15-18)11-16-8(2)10(13)12(14-3)17-11/h5-6H,4,7H2,1-3H3,(H,14,16,17). The molecule has 0 aromatic carbocycles. The van der Waals surface area contributed by atoms with E-state index in [9.17, 15) is 4.39 Å². The van der Waals surface area contributed by atoms with Gasteiger partial charge in [0, 0.05) is 19.8 Å². The fourth-order valence-electron chi connectivity index (χ4n) is 1.75. The summed E-state index contributed by atoms with van der Waals surface area (Å²) in [6.07, 6.45) is 2.67. The molecule has 0 amide bonds. The van der Waals surface area contributed by atoms with Crippen molar-refractivity contribution in [1.82, 2.24) is 19.7 Å². The minimum atomic E-state index is -0.414. The van der Waals surface area contributed by atoms with Gasteiger partial charge in [-0.1, -0.05) is 6.92 Å². The minimum Gasteiger partial charge on any atom is -0.371 e. The predicted octanol–water partition coefficient (Wildman–Crippen LogP) is 2.24. The Balaban J connectivity index is 2.50. The normalized spacial score (nSPS) is 10.7. The minimum absolute atomic E-state index is 0.210. The SMILES string of the molecule is CCCn1nccc1-c1nc(C)c(F)c(NC)n1. The van der Waals surface area contributed by atoms with Gasteiger partial charge in [0.15, 0.2) is 17.5 Å². The second kappa shape index (κ2) is 5.12. The van der Waals surface area contributed by atoms with Crippen molar-refractivity contribution in [3.05, 3.63) is 23.8 Å². The van der Waals surface area contributed by atoms with Gasteiger partial charge in [0.25, 0.3) is 0 Å². The highest BCUT2D eigenvalue weighted by Crippen LogP contribution is 2.20. The van der Waals surface area contributed by atoms with E-state index < -0.39 is 5.82 Å². The Hall–Kier alpha value is -1.98. The lowest BCUT2D eigenvalue weighted by molar-refractivity contribution is 0.597. The van der Waals surface area contributed by atoms with Gasteiger partial charge in [0.1, 0.15) is 5.69 Å². The van der Waals surface area contributed by atoms with Gasteiger partial charge < -0.3 is 5.32 Å². The van der Waals surface area contributed by atoms with Crippen molar-refractivity contribution < 1.29 is 4.39 Å². The van der Waals surface area contributed by atoms with Gasteiger partial charge >= 0.3 is 0 Å². The Morgan fingerprint density at radius 1 is 1.39 bits per heavy atom. The van der Waals surface area contributed by atoms with Crippen LogP contribution in [0.5, 0.6) is 0 Å². The Morgan fingerprint density at radius 3 is 2.83 bits per heavy atom. The van der Waals surface area contributed by atoms with Gasteiger partial charge in [-0.3, -0.25) is 4.68 Å². The molecule has 0 saturated carbocycles. The summed E-state index contributed by atoms with van der Waals surface area (Å²) >= 11 is 0. The number of aromatic nitrogens is 4. The predicted molar refractivity (Wildman–Crippen MR) is 67.8 cm³/mol. The van der Waals surface area contributed by atoms with Crippen molar-refractivity contribution in [1.29, 1.82) is 0 Å². The molecule has 5 nitrogen and oxygen atoms in total. The third-order valence-corrected chi connectivity index (χ3v) is 2.63. The highest BCUT2D eigenvalue weighted by Gasteiger charge is 2.14. The van der Waals surface area contributed by atoms with E-state index in [4.69, 9.17) is 0 Å². The quantitative estimate of drug-likeness (QED) is 0.902. The van der Waals surface area contributed by atoms with E-state index in [-0.39, 0.29) is 5.82 Å². The molecule has 0 aliphatic rings. The first-order valence-corrected chi connectivity index (χ1v) is 5.91. The molecular weight excluding hydrogens is 233 g/mol. The number of anilines is 1. The third-order valence-electron chi connectivity index (χ3n) is 2.63. The van der Waals surface area contributed by atoms with Gasteiger partial charge in [0.05, 0.1) is 5.69 Å². The molecule has 96 valence electrons. The third kappa shape index (κ3) is 2.18. The Labute approximate surface area is 105 Å². The molecule has 0 spiro atoms. The van der Waals surface area contributed by atoms with E-state index in [0.717, 1.165) is 18.7 Å². The number of nitrogens with zero attached hydrogens (tertiary/aromatic N) is 4. The number of hydrogen-bond donors (Lipinski definition) is 1. The van der Waals surface area contributed by atoms with Crippen LogP contribution >= 0.6 is 0 Å². The number of rotatable bonds is 4. The Morgan fingerprint density at radius 2 is 2.17 bits per heavy atom. The van der Waals surface area contributed by atoms with E-state index in [2.05, 4.69) is 27.3 Å². The maximum Gasteiger partial charge on any atom is 0.186 e. The molecule has 2 aromatic heterocycles. The highest BCUT2D eigenvalue weighted by molar-refractivity contribution is 5.53. The summed E-state index contributed by atoms with van der Waals surface area (Å²) < 4.78 is 15.5. The lowest BCUT2D eigenvalue weighted by Crippen LogP contribution is -2.07. The van der Waals surface area contributed by atoms with Crippen LogP contribution in [0, 0.1) is 12.7 Å². The van der Waals surface area contributed by atoms with Gasteiger partial charge in [-0.25, -0.2) is 14.4 Å². The average molecular weight is 249 g/mol. The molecule has 0 saturated heterocycles. The van der Waals surface area contributed by atoms with Crippen molar-refractivity contribution in [3.8, 4) is 11.5 Å². The molecule has 0 aliphatic carbocycles. The second-order valence-electron chi connectivity index (χ2n) is 3.98. The molecule has 0 radical (unpaired) electrons. The smallest absolute Gasteiger partial charge is 0.186 e. The van der Waals surface area contributed by atoms with Gasteiger partial charge in [-0.15, -0.1) is 0 Å². The molecule has 0 unspecified atom stereocenters. The van der Waals surface area contributed by atoms with Crippen LogP contribution in [-0.2, 0) is 6.54 Å². The van der Waals surface area contributed by atoms with E-state index in [1.165, 1.54) is 0 Å². The van der Waals surface area contributed by atoms with Crippen molar-refractivity contribution in [2.75, 3.05) is 12.4 Å². The van der Waals surface area contributed by atoms with Crippen molar-refractivity contribution in [2.45, 2.75) is 26.8 Å². The molecule has 2 rings (SSSR count). The Bertz CT molecular complexity index is 549. The van der Waals surface area contributed by atoms with E-state index in [1.807, 2.05) is 10.7 Å². The number of hydrogen-bond acceptors (Lipinski definition) is 4. The summed E-state index contributed by atoms with van der Waals surface area (Å²) in [6.45, 7) is 4.49. The molecule has 6 heteroatoms. The first kappa shape index (κ1) is 12.5. The van der Waals surface area contributed by atoms with Crippen LogP contribution in [0.15, 0.2) is 12.3 Å². The molecule has 1 N–H and O–H groups in total. The van der Waals surface area contributed by atoms with E-state index in [0.29, 0.717) is 11.5 Å². The number of aryl methyl sites for hydroxylation is 2.